The van der Waals surface area contributed by atoms with Gasteiger partial charge in [-0.25, -0.2) is 9.50 Å². The first-order valence-electron chi connectivity index (χ1n) is 16.3. The molecule has 6 rings (SSSR count). The fraction of sp³-hybridized carbons (Fsp3) is 0.371. The summed E-state index contributed by atoms with van der Waals surface area (Å²) in [4.78, 5) is 21.9. The molecule has 2 aromatic carbocycles. The molecule has 4 heterocycles. The predicted molar refractivity (Wildman–Crippen MR) is 184 cm³/mol. The third-order valence-electron chi connectivity index (χ3n) is 8.53. The van der Waals surface area contributed by atoms with Crippen molar-refractivity contribution in [2.45, 2.75) is 64.8 Å². The number of likely N-dealkylation sites (tertiary alicyclic amines) is 1. The van der Waals surface area contributed by atoms with E-state index in [1.807, 2.05) is 26.0 Å². The van der Waals surface area contributed by atoms with Crippen molar-refractivity contribution in [1.29, 1.82) is 0 Å². The van der Waals surface area contributed by atoms with E-state index in [0.29, 0.717) is 30.3 Å². The zero-order valence-corrected chi connectivity index (χ0v) is 28.7. The van der Waals surface area contributed by atoms with Crippen LogP contribution in [0, 0.1) is 0 Å². The minimum Gasteiger partial charge on any atom is -0.491 e. The van der Waals surface area contributed by atoms with E-state index >= 15 is 0 Å². The van der Waals surface area contributed by atoms with Gasteiger partial charge in [0.1, 0.15) is 23.7 Å². The number of halogens is 3. The smallest absolute Gasteiger partial charge is 0.387 e. The van der Waals surface area contributed by atoms with E-state index in [2.05, 4.69) is 44.6 Å². The molecule has 3 aromatic heterocycles. The van der Waals surface area contributed by atoms with Crippen LogP contribution in [-0.2, 0) is 17.9 Å². The van der Waals surface area contributed by atoms with E-state index in [4.69, 9.17) is 21.1 Å². The molecule has 1 aliphatic heterocycles. The molecular weight excluding hydrogens is 670 g/mol. The van der Waals surface area contributed by atoms with Crippen molar-refractivity contribution in [2.24, 2.45) is 0 Å². The number of nitrogens with zero attached hydrogens (tertiary/aromatic N) is 7. The first kappa shape index (κ1) is 35.1. The Morgan fingerprint density at radius 1 is 1.14 bits per heavy atom. The Morgan fingerprint density at radius 3 is 2.62 bits per heavy atom. The fourth-order valence-corrected chi connectivity index (χ4v) is 6.29. The molecule has 0 saturated carbocycles. The van der Waals surface area contributed by atoms with E-state index in [-0.39, 0.29) is 46.3 Å². The van der Waals surface area contributed by atoms with Gasteiger partial charge in [0.25, 0.3) is 0 Å². The Labute approximate surface area is 293 Å². The standard InChI is InChI=1S/C35H39ClF2N8O4/c1-22(2)49-26-8-5-23(6-9-26)19-43(3)25-11-15-44(16-12-25)31(47)21-45-20-29(41-34(48)28-18-40-46-14-4-13-39-33(28)46)32(42-45)27-17-24(36)7-10-30(27)50-35(37)38/h4-10,13-14,17-18,20,22,25,34-35,41,48H,11-12,15-16,19,21H2,1-3H3. The van der Waals surface area contributed by atoms with Gasteiger partial charge in [-0.3, -0.25) is 14.4 Å². The number of anilines is 1. The number of carbonyl (C=O) groups is 1. The van der Waals surface area contributed by atoms with Gasteiger partial charge < -0.3 is 24.8 Å². The summed E-state index contributed by atoms with van der Waals surface area (Å²) in [6.07, 6.45) is 6.71. The molecule has 264 valence electrons. The quantitative estimate of drug-likeness (QED) is 0.145. The molecule has 0 bridgehead atoms. The summed E-state index contributed by atoms with van der Waals surface area (Å²) in [5, 5.41) is 23.3. The summed E-state index contributed by atoms with van der Waals surface area (Å²) in [7, 11) is 2.10. The van der Waals surface area contributed by atoms with Crippen LogP contribution in [0.25, 0.3) is 16.9 Å². The molecule has 1 unspecified atom stereocenters. The SMILES string of the molecule is CC(C)Oc1ccc(CN(C)C2CCN(C(=O)Cn3cc(NC(O)c4cnn5cccnc45)c(-c4cc(Cl)ccc4OC(F)F)n3)CC2)cc1. The van der Waals surface area contributed by atoms with Crippen LogP contribution < -0.4 is 14.8 Å². The average Bonchev–Trinajstić information content (AvgIpc) is 3.70. The molecule has 0 aliphatic carbocycles. The van der Waals surface area contributed by atoms with Crippen molar-refractivity contribution in [3.8, 4) is 22.8 Å². The second-order valence-electron chi connectivity index (χ2n) is 12.5. The van der Waals surface area contributed by atoms with Gasteiger partial charge in [-0.05, 0) is 75.7 Å². The van der Waals surface area contributed by atoms with Crippen LogP contribution in [0.5, 0.6) is 11.5 Å². The number of carbonyl (C=O) groups excluding carboxylic acids is 1. The Hall–Kier alpha value is -4.79. The highest BCUT2D eigenvalue weighted by Crippen LogP contribution is 2.38. The number of alkyl halides is 2. The molecule has 1 aliphatic rings. The van der Waals surface area contributed by atoms with E-state index in [9.17, 15) is 18.7 Å². The van der Waals surface area contributed by atoms with E-state index < -0.39 is 12.8 Å². The molecule has 0 spiro atoms. The van der Waals surface area contributed by atoms with Crippen molar-refractivity contribution in [3.05, 3.63) is 89.5 Å². The molecule has 1 amide bonds. The Kier molecular flexibility index (Phi) is 10.8. The van der Waals surface area contributed by atoms with E-state index in [1.165, 1.54) is 39.2 Å². The molecule has 12 nitrogen and oxygen atoms in total. The zero-order chi connectivity index (χ0) is 35.4. The molecule has 5 aromatic rings. The number of nitrogens with one attached hydrogen (secondary N) is 1. The number of aliphatic hydroxyl groups excluding tert-OH is 1. The molecule has 50 heavy (non-hydrogen) atoms. The highest BCUT2D eigenvalue weighted by atomic mass is 35.5. The lowest BCUT2D eigenvalue weighted by atomic mass is 10.0. The van der Waals surface area contributed by atoms with Gasteiger partial charge in [-0.2, -0.15) is 19.0 Å². The number of piperidine rings is 1. The van der Waals surface area contributed by atoms with Crippen LogP contribution in [0.4, 0.5) is 14.5 Å². The van der Waals surface area contributed by atoms with E-state index in [1.54, 1.807) is 29.6 Å². The summed E-state index contributed by atoms with van der Waals surface area (Å²) < 4.78 is 40.2. The first-order valence-corrected chi connectivity index (χ1v) is 16.7. The summed E-state index contributed by atoms with van der Waals surface area (Å²) in [6, 6.07) is 14.3. The third-order valence-corrected chi connectivity index (χ3v) is 8.77. The normalized spacial score (nSPS) is 14.6. The molecule has 1 fully saturated rings. The minimum absolute atomic E-state index is 0.111. The lowest BCUT2D eigenvalue weighted by Crippen LogP contribution is -2.46. The second kappa shape index (κ2) is 15.4. The number of benzene rings is 2. The van der Waals surface area contributed by atoms with Crippen LogP contribution in [-0.4, -0.2) is 84.1 Å². The van der Waals surface area contributed by atoms with Gasteiger partial charge >= 0.3 is 6.61 Å². The second-order valence-corrected chi connectivity index (χ2v) is 12.9. The third kappa shape index (κ3) is 8.32. The number of hydrogen-bond donors (Lipinski definition) is 2. The van der Waals surface area contributed by atoms with Crippen LogP contribution in [0.3, 0.4) is 0 Å². The van der Waals surface area contributed by atoms with Crippen molar-refractivity contribution < 1.29 is 28.2 Å². The van der Waals surface area contributed by atoms with E-state index in [0.717, 1.165) is 25.1 Å². The van der Waals surface area contributed by atoms with Crippen LogP contribution in [0.2, 0.25) is 5.02 Å². The fourth-order valence-electron chi connectivity index (χ4n) is 6.11. The van der Waals surface area contributed by atoms with Crippen molar-refractivity contribution >= 4 is 28.8 Å². The molecule has 15 heteroatoms. The number of amides is 1. The van der Waals surface area contributed by atoms with Crippen molar-refractivity contribution in [2.75, 3.05) is 25.5 Å². The molecule has 2 N–H and O–H groups in total. The molecular formula is C35H39ClF2N8O4. The van der Waals surface area contributed by atoms with Gasteiger partial charge in [0.05, 0.1) is 23.6 Å². The number of ether oxygens (including phenoxy) is 2. The Morgan fingerprint density at radius 2 is 1.90 bits per heavy atom. The van der Waals surface area contributed by atoms with Gasteiger partial charge in [-0.15, -0.1) is 0 Å². The lowest BCUT2D eigenvalue weighted by Gasteiger charge is -2.36. The van der Waals surface area contributed by atoms with Crippen LogP contribution in [0.1, 0.15) is 44.0 Å². The number of aromatic nitrogens is 5. The molecule has 1 atom stereocenters. The van der Waals surface area contributed by atoms with Crippen LogP contribution >= 0.6 is 11.6 Å². The summed E-state index contributed by atoms with van der Waals surface area (Å²) in [5.74, 6) is 0.539. The number of rotatable bonds is 13. The van der Waals surface area contributed by atoms with Gasteiger partial charge in [0.15, 0.2) is 11.9 Å². The minimum atomic E-state index is -3.10. The summed E-state index contributed by atoms with van der Waals surface area (Å²) in [5.41, 5.74) is 2.55. The summed E-state index contributed by atoms with van der Waals surface area (Å²) in [6.45, 7) is 2.73. The number of aliphatic hydroxyl groups is 1. The number of hydrogen-bond acceptors (Lipinski definition) is 9. The maximum absolute atomic E-state index is 13.5. The molecule has 0 radical (unpaired) electrons. The van der Waals surface area contributed by atoms with Crippen LogP contribution in [0.15, 0.2) is 73.3 Å². The van der Waals surface area contributed by atoms with Gasteiger partial charge in [0.2, 0.25) is 5.91 Å². The Bertz CT molecular complexity index is 1910. The van der Waals surface area contributed by atoms with Crippen molar-refractivity contribution in [1.82, 2.24) is 34.2 Å². The summed E-state index contributed by atoms with van der Waals surface area (Å²) >= 11 is 6.27. The molecule has 1 saturated heterocycles. The highest BCUT2D eigenvalue weighted by molar-refractivity contribution is 6.31. The van der Waals surface area contributed by atoms with Gasteiger partial charge in [-0.1, -0.05) is 23.7 Å². The maximum Gasteiger partial charge on any atom is 0.387 e. The maximum atomic E-state index is 13.5. The average molecular weight is 709 g/mol. The van der Waals surface area contributed by atoms with Gasteiger partial charge in [0, 0.05) is 54.9 Å². The Balaban J connectivity index is 1.16. The predicted octanol–water partition coefficient (Wildman–Crippen LogP) is 5.86. The largest absolute Gasteiger partial charge is 0.491 e. The monoisotopic (exact) mass is 708 g/mol. The number of fused-ring (bicyclic) bond motifs is 1. The lowest BCUT2D eigenvalue weighted by molar-refractivity contribution is -0.133. The topological polar surface area (TPSA) is 122 Å². The first-order chi connectivity index (χ1) is 24.0. The van der Waals surface area contributed by atoms with Crippen molar-refractivity contribution in [3.63, 3.8) is 0 Å². The highest BCUT2D eigenvalue weighted by Gasteiger charge is 2.27. The zero-order valence-electron chi connectivity index (χ0n) is 27.9.